The van der Waals surface area contributed by atoms with Crippen molar-refractivity contribution in [3.63, 3.8) is 0 Å². The number of aryl methyl sites for hydroxylation is 1. The van der Waals surface area contributed by atoms with Gasteiger partial charge in [-0.25, -0.2) is 4.98 Å². The van der Waals surface area contributed by atoms with Gasteiger partial charge in [0.1, 0.15) is 0 Å². The van der Waals surface area contributed by atoms with Crippen molar-refractivity contribution in [2.45, 2.75) is 6.92 Å². The van der Waals surface area contributed by atoms with E-state index in [0.29, 0.717) is 11.1 Å². The van der Waals surface area contributed by atoms with Gasteiger partial charge in [-0.3, -0.25) is 10.1 Å². The van der Waals surface area contributed by atoms with E-state index in [1.165, 1.54) is 11.3 Å². The first-order valence-electron chi connectivity index (χ1n) is 3.67. The van der Waals surface area contributed by atoms with Gasteiger partial charge < -0.3 is 0 Å². The Balaban J connectivity index is 2.88. The summed E-state index contributed by atoms with van der Waals surface area (Å²) in [5.74, 6) is 0. The fourth-order valence-corrected chi connectivity index (χ4v) is 1.93. The molecule has 1 aromatic heterocycles. The van der Waals surface area contributed by atoms with Crippen LogP contribution in [0.15, 0.2) is 17.6 Å². The van der Waals surface area contributed by atoms with Gasteiger partial charge in [0.25, 0.3) is 5.69 Å². The molecule has 5 heteroatoms. The second-order valence-electron chi connectivity index (χ2n) is 2.69. The average Bonchev–Trinajstić information content (AvgIpc) is 2.50. The Hall–Kier alpha value is -1.49. The fraction of sp³-hybridized carbons (Fsp3) is 0.125. The molecule has 0 spiro atoms. The zero-order valence-electron chi connectivity index (χ0n) is 6.85. The predicted molar refractivity (Wildman–Crippen MR) is 51.0 cm³/mol. The average molecular weight is 194 g/mol. The van der Waals surface area contributed by atoms with Crippen molar-refractivity contribution >= 4 is 27.2 Å². The molecule has 0 saturated carbocycles. The number of nitro benzene ring substituents is 1. The lowest BCUT2D eigenvalue weighted by Crippen LogP contribution is -1.92. The number of thiazole rings is 1. The van der Waals surface area contributed by atoms with Gasteiger partial charge in [0.2, 0.25) is 0 Å². The summed E-state index contributed by atoms with van der Waals surface area (Å²) in [6, 6.07) is 3.61. The molecular formula is C8H6N2O2S. The molecular weight excluding hydrogens is 188 g/mol. The normalized spacial score (nSPS) is 10.5. The van der Waals surface area contributed by atoms with Gasteiger partial charge in [-0.1, -0.05) is 6.07 Å². The van der Waals surface area contributed by atoms with Gasteiger partial charge in [-0.2, -0.15) is 0 Å². The van der Waals surface area contributed by atoms with Crippen LogP contribution in [0, 0.1) is 17.0 Å². The summed E-state index contributed by atoms with van der Waals surface area (Å²) in [4.78, 5) is 14.3. The largest absolute Gasteiger partial charge is 0.299 e. The SMILES string of the molecule is Cc1ccc2scnc2c1[N+](=O)[O-]. The van der Waals surface area contributed by atoms with Crippen molar-refractivity contribution in [3.8, 4) is 0 Å². The summed E-state index contributed by atoms with van der Waals surface area (Å²) >= 11 is 1.41. The molecule has 0 aliphatic heterocycles. The van der Waals surface area contributed by atoms with Gasteiger partial charge in [0, 0.05) is 5.56 Å². The first-order valence-corrected chi connectivity index (χ1v) is 4.55. The molecule has 0 unspecified atom stereocenters. The third-order valence-electron chi connectivity index (χ3n) is 1.86. The molecule has 0 amide bonds. The number of rotatable bonds is 1. The molecule has 1 heterocycles. The van der Waals surface area contributed by atoms with Crippen LogP contribution in [0.2, 0.25) is 0 Å². The van der Waals surface area contributed by atoms with Crippen molar-refractivity contribution in [1.82, 2.24) is 4.98 Å². The molecule has 2 rings (SSSR count). The van der Waals surface area contributed by atoms with E-state index >= 15 is 0 Å². The minimum absolute atomic E-state index is 0.124. The van der Waals surface area contributed by atoms with Crippen LogP contribution in [0.5, 0.6) is 0 Å². The number of nitrogens with zero attached hydrogens (tertiary/aromatic N) is 2. The van der Waals surface area contributed by atoms with Crippen molar-refractivity contribution in [1.29, 1.82) is 0 Å². The topological polar surface area (TPSA) is 56.0 Å². The minimum atomic E-state index is -0.378. The first-order chi connectivity index (χ1) is 6.20. The lowest BCUT2D eigenvalue weighted by Gasteiger charge is -1.96. The van der Waals surface area contributed by atoms with Crippen LogP contribution >= 0.6 is 11.3 Å². The molecule has 13 heavy (non-hydrogen) atoms. The molecule has 1 aromatic carbocycles. The smallest absolute Gasteiger partial charge is 0.258 e. The van der Waals surface area contributed by atoms with E-state index in [1.807, 2.05) is 6.07 Å². The molecule has 0 aliphatic rings. The van der Waals surface area contributed by atoms with E-state index in [0.717, 1.165) is 4.70 Å². The Kier molecular flexibility index (Phi) is 1.73. The monoisotopic (exact) mass is 194 g/mol. The Morgan fingerprint density at radius 3 is 3.00 bits per heavy atom. The van der Waals surface area contributed by atoms with Crippen molar-refractivity contribution in [2.75, 3.05) is 0 Å². The molecule has 0 atom stereocenters. The maximum Gasteiger partial charge on any atom is 0.299 e. The zero-order chi connectivity index (χ0) is 9.42. The van der Waals surface area contributed by atoms with E-state index in [2.05, 4.69) is 4.98 Å². The standard InChI is InChI=1S/C8H6N2O2S/c1-5-2-3-6-7(9-4-13-6)8(5)10(11)12/h2-4H,1H3. The van der Waals surface area contributed by atoms with E-state index in [4.69, 9.17) is 0 Å². The Morgan fingerprint density at radius 2 is 2.31 bits per heavy atom. The van der Waals surface area contributed by atoms with Crippen LogP contribution in [-0.2, 0) is 0 Å². The predicted octanol–water partition coefficient (Wildman–Crippen LogP) is 2.51. The lowest BCUT2D eigenvalue weighted by molar-refractivity contribution is -0.383. The molecule has 0 fully saturated rings. The third kappa shape index (κ3) is 1.17. The second-order valence-corrected chi connectivity index (χ2v) is 3.57. The number of benzene rings is 1. The number of hydrogen-bond donors (Lipinski definition) is 0. The van der Waals surface area contributed by atoms with Gasteiger partial charge in [-0.15, -0.1) is 11.3 Å². The summed E-state index contributed by atoms with van der Waals surface area (Å²) in [6.07, 6.45) is 0. The Bertz CT molecular complexity index is 478. The van der Waals surface area contributed by atoms with E-state index in [9.17, 15) is 10.1 Å². The molecule has 0 bridgehead atoms. The van der Waals surface area contributed by atoms with Crippen LogP contribution in [0.3, 0.4) is 0 Å². The molecule has 2 aromatic rings. The molecule has 66 valence electrons. The summed E-state index contributed by atoms with van der Waals surface area (Å²) in [5, 5.41) is 10.7. The highest BCUT2D eigenvalue weighted by atomic mass is 32.1. The maximum absolute atomic E-state index is 10.7. The van der Waals surface area contributed by atoms with Crippen LogP contribution in [0.4, 0.5) is 5.69 Å². The highest BCUT2D eigenvalue weighted by Crippen LogP contribution is 2.29. The zero-order valence-corrected chi connectivity index (χ0v) is 7.67. The number of hydrogen-bond acceptors (Lipinski definition) is 4. The van der Waals surface area contributed by atoms with Gasteiger partial charge in [-0.05, 0) is 13.0 Å². The van der Waals surface area contributed by atoms with Crippen LogP contribution < -0.4 is 0 Å². The lowest BCUT2D eigenvalue weighted by atomic mass is 10.2. The molecule has 0 aliphatic carbocycles. The van der Waals surface area contributed by atoms with E-state index < -0.39 is 0 Å². The van der Waals surface area contributed by atoms with E-state index in [-0.39, 0.29) is 10.6 Å². The number of fused-ring (bicyclic) bond motifs is 1. The Morgan fingerprint density at radius 1 is 1.54 bits per heavy atom. The van der Waals surface area contributed by atoms with Crippen LogP contribution in [0.25, 0.3) is 10.2 Å². The Labute approximate surface area is 78.0 Å². The van der Waals surface area contributed by atoms with Crippen molar-refractivity contribution < 1.29 is 4.92 Å². The van der Waals surface area contributed by atoms with Crippen LogP contribution in [-0.4, -0.2) is 9.91 Å². The summed E-state index contributed by atoms with van der Waals surface area (Å²) < 4.78 is 0.859. The maximum atomic E-state index is 10.7. The summed E-state index contributed by atoms with van der Waals surface area (Å²) in [7, 11) is 0. The second kappa shape index (κ2) is 2.77. The van der Waals surface area contributed by atoms with E-state index in [1.54, 1.807) is 18.5 Å². The van der Waals surface area contributed by atoms with Gasteiger partial charge in [0.15, 0.2) is 5.52 Å². The molecule has 0 saturated heterocycles. The molecule has 0 radical (unpaired) electrons. The minimum Gasteiger partial charge on any atom is -0.258 e. The summed E-state index contributed by atoms with van der Waals surface area (Å²) in [5.41, 5.74) is 2.90. The molecule has 4 nitrogen and oxygen atoms in total. The number of aromatic nitrogens is 1. The van der Waals surface area contributed by atoms with Gasteiger partial charge in [0.05, 0.1) is 15.1 Å². The highest BCUT2D eigenvalue weighted by molar-refractivity contribution is 7.16. The fourth-order valence-electron chi connectivity index (χ4n) is 1.25. The van der Waals surface area contributed by atoms with Crippen LogP contribution in [0.1, 0.15) is 5.56 Å². The van der Waals surface area contributed by atoms with Crippen molar-refractivity contribution in [2.24, 2.45) is 0 Å². The summed E-state index contributed by atoms with van der Waals surface area (Å²) in [6.45, 7) is 1.72. The van der Waals surface area contributed by atoms with Crippen molar-refractivity contribution in [3.05, 3.63) is 33.3 Å². The third-order valence-corrected chi connectivity index (χ3v) is 2.65. The first kappa shape index (κ1) is 8.12. The van der Waals surface area contributed by atoms with Gasteiger partial charge >= 0.3 is 0 Å². The highest BCUT2D eigenvalue weighted by Gasteiger charge is 2.16. The number of nitro groups is 1. The quantitative estimate of drug-likeness (QED) is 0.517. The molecule has 0 N–H and O–H groups in total.